The van der Waals surface area contributed by atoms with Gasteiger partial charge in [-0.05, 0) is 42.0 Å². The fourth-order valence-electron chi connectivity index (χ4n) is 4.25. The summed E-state index contributed by atoms with van der Waals surface area (Å²) >= 11 is 1.87. The van der Waals surface area contributed by atoms with E-state index in [-0.39, 0.29) is 0 Å². The molecule has 6 aromatic rings. The zero-order valence-corrected chi connectivity index (χ0v) is 16.0. The molecule has 0 amide bonds. The Labute approximate surface area is 166 Å². The standard InChI is InChI=1S/C25H18N2S/c26-15-16-9-11-17(12-10-16)27-22-7-3-1-5-18(22)20-14-25-21(13-23(20)27)19-6-2-4-8-24(19)28-25/h1-14H,15,26H2. The molecule has 3 heteroatoms. The number of fused-ring (bicyclic) bond motifs is 6. The molecule has 0 saturated heterocycles. The minimum Gasteiger partial charge on any atom is -0.326 e. The number of aromatic nitrogens is 1. The van der Waals surface area contributed by atoms with Crippen molar-refractivity contribution in [2.24, 2.45) is 5.73 Å². The van der Waals surface area contributed by atoms with E-state index in [1.807, 2.05) is 11.3 Å². The predicted molar refractivity (Wildman–Crippen MR) is 122 cm³/mol. The first-order valence-corrected chi connectivity index (χ1v) is 10.3. The van der Waals surface area contributed by atoms with Crippen molar-refractivity contribution in [3.05, 3.63) is 90.5 Å². The summed E-state index contributed by atoms with van der Waals surface area (Å²) in [6, 6.07) is 30.7. The Hall–Kier alpha value is -3.14. The van der Waals surface area contributed by atoms with E-state index in [2.05, 4.69) is 89.5 Å². The Morgan fingerprint density at radius 2 is 1.39 bits per heavy atom. The summed E-state index contributed by atoms with van der Waals surface area (Å²) in [4.78, 5) is 0. The largest absolute Gasteiger partial charge is 0.326 e. The fraction of sp³-hybridized carbons (Fsp3) is 0.0400. The van der Waals surface area contributed by atoms with Crippen LogP contribution in [-0.2, 0) is 6.54 Å². The van der Waals surface area contributed by atoms with Gasteiger partial charge in [0.05, 0.1) is 11.0 Å². The van der Waals surface area contributed by atoms with E-state index in [9.17, 15) is 0 Å². The second kappa shape index (κ2) is 5.93. The van der Waals surface area contributed by atoms with Crippen molar-refractivity contribution in [3.8, 4) is 5.69 Å². The Bertz CT molecular complexity index is 1490. The summed E-state index contributed by atoms with van der Waals surface area (Å²) in [5, 5.41) is 5.26. The average Bonchev–Trinajstić information content (AvgIpc) is 3.27. The number of rotatable bonds is 2. The van der Waals surface area contributed by atoms with Crippen molar-refractivity contribution < 1.29 is 0 Å². The van der Waals surface area contributed by atoms with Gasteiger partial charge in [-0.3, -0.25) is 0 Å². The van der Waals surface area contributed by atoms with E-state index >= 15 is 0 Å². The number of nitrogens with zero attached hydrogens (tertiary/aromatic N) is 1. The molecule has 2 aromatic heterocycles. The van der Waals surface area contributed by atoms with Crippen LogP contribution in [-0.4, -0.2) is 4.57 Å². The Kier molecular flexibility index (Phi) is 3.36. The number of hydrogen-bond donors (Lipinski definition) is 1. The van der Waals surface area contributed by atoms with Gasteiger partial charge in [0.15, 0.2) is 0 Å². The molecule has 0 unspecified atom stereocenters. The second-order valence-electron chi connectivity index (χ2n) is 7.19. The lowest BCUT2D eigenvalue weighted by Crippen LogP contribution is -1.98. The minimum absolute atomic E-state index is 0.564. The van der Waals surface area contributed by atoms with Gasteiger partial charge >= 0.3 is 0 Å². The average molecular weight is 379 g/mol. The van der Waals surface area contributed by atoms with Crippen molar-refractivity contribution in [1.82, 2.24) is 4.57 Å². The lowest BCUT2D eigenvalue weighted by atomic mass is 10.1. The number of para-hydroxylation sites is 1. The highest BCUT2D eigenvalue weighted by atomic mass is 32.1. The van der Waals surface area contributed by atoms with Crippen LogP contribution in [0.3, 0.4) is 0 Å². The maximum Gasteiger partial charge on any atom is 0.0548 e. The lowest BCUT2D eigenvalue weighted by molar-refractivity contribution is 1.06. The van der Waals surface area contributed by atoms with E-state index in [0.717, 1.165) is 5.56 Å². The zero-order valence-electron chi connectivity index (χ0n) is 15.2. The van der Waals surface area contributed by atoms with Crippen LogP contribution >= 0.6 is 11.3 Å². The Morgan fingerprint density at radius 3 is 2.21 bits per heavy atom. The summed E-state index contributed by atoms with van der Waals surface area (Å²) < 4.78 is 5.06. The normalized spacial score (nSPS) is 11.9. The number of thiophene rings is 1. The first kappa shape index (κ1) is 15.9. The molecule has 2 heterocycles. The molecule has 0 aliphatic heterocycles. The van der Waals surface area contributed by atoms with Crippen molar-refractivity contribution >= 4 is 53.3 Å². The van der Waals surface area contributed by atoms with Crippen LogP contribution in [0.25, 0.3) is 47.7 Å². The zero-order chi connectivity index (χ0) is 18.7. The number of nitrogens with two attached hydrogens (primary N) is 1. The second-order valence-corrected chi connectivity index (χ2v) is 8.27. The molecule has 0 fully saturated rings. The van der Waals surface area contributed by atoms with Crippen LogP contribution in [0.5, 0.6) is 0 Å². The summed E-state index contributed by atoms with van der Waals surface area (Å²) in [6.45, 7) is 0.564. The summed E-state index contributed by atoms with van der Waals surface area (Å²) in [5.41, 5.74) is 10.6. The number of benzene rings is 4. The molecular formula is C25H18N2S. The maximum atomic E-state index is 5.80. The number of hydrogen-bond acceptors (Lipinski definition) is 2. The van der Waals surface area contributed by atoms with Gasteiger partial charge in [0.2, 0.25) is 0 Å². The van der Waals surface area contributed by atoms with E-state index in [1.54, 1.807) is 0 Å². The first-order chi connectivity index (χ1) is 13.8. The van der Waals surface area contributed by atoms with Gasteiger partial charge < -0.3 is 10.3 Å². The van der Waals surface area contributed by atoms with E-state index in [0.29, 0.717) is 6.54 Å². The smallest absolute Gasteiger partial charge is 0.0548 e. The monoisotopic (exact) mass is 378 g/mol. The molecule has 28 heavy (non-hydrogen) atoms. The lowest BCUT2D eigenvalue weighted by Gasteiger charge is -2.09. The summed E-state index contributed by atoms with van der Waals surface area (Å²) in [6.07, 6.45) is 0. The van der Waals surface area contributed by atoms with Gasteiger partial charge in [-0.15, -0.1) is 11.3 Å². The molecule has 0 aliphatic carbocycles. The molecule has 0 atom stereocenters. The van der Waals surface area contributed by atoms with Crippen molar-refractivity contribution in [1.29, 1.82) is 0 Å². The van der Waals surface area contributed by atoms with Crippen LogP contribution in [0.4, 0.5) is 0 Å². The summed E-state index contributed by atoms with van der Waals surface area (Å²) in [7, 11) is 0. The highest BCUT2D eigenvalue weighted by Crippen LogP contribution is 2.40. The molecule has 0 bridgehead atoms. The van der Waals surface area contributed by atoms with Crippen LogP contribution in [0.2, 0.25) is 0 Å². The van der Waals surface area contributed by atoms with Crippen molar-refractivity contribution in [2.45, 2.75) is 6.54 Å². The molecule has 0 aliphatic rings. The quantitative estimate of drug-likeness (QED) is 0.361. The van der Waals surface area contributed by atoms with Crippen LogP contribution < -0.4 is 5.73 Å². The van der Waals surface area contributed by atoms with E-state index in [1.165, 1.54) is 47.7 Å². The van der Waals surface area contributed by atoms with Gasteiger partial charge in [0.1, 0.15) is 0 Å². The maximum absolute atomic E-state index is 5.80. The molecule has 6 rings (SSSR count). The molecular weight excluding hydrogens is 360 g/mol. The molecule has 0 spiro atoms. The van der Waals surface area contributed by atoms with E-state index < -0.39 is 0 Å². The minimum atomic E-state index is 0.564. The van der Waals surface area contributed by atoms with Crippen molar-refractivity contribution in [3.63, 3.8) is 0 Å². The highest BCUT2D eigenvalue weighted by Gasteiger charge is 2.15. The highest BCUT2D eigenvalue weighted by molar-refractivity contribution is 7.25. The Balaban J connectivity index is 1.77. The summed E-state index contributed by atoms with van der Waals surface area (Å²) in [5.74, 6) is 0. The van der Waals surface area contributed by atoms with Crippen LogP contribution in [0.15, 0.2) is 84.9 Å². The molecule has 0 radical (unpaired) electrons. The first-order valence-electron chi connectivity index (χ1n) is 9.47. The van der Waals surface area contributed by atoms with Crippen LogP contribution in [0, 0.1) is 0 Å². The van der Waals surface area contributed by atoms with Gasteiger partial charge in [-0.2, -0.15) is 0 Å². The van der Waals surface area contributed by atoms with Crippen LogP contribution in [0.1, 0.15) is 5.56 Å². The van der Waals surface area contributed by atoms with Gasteiger partial charge in [0, 0.05) is 43.2 Å². The molecule has 2 N–H and O–H groups in total. The molecule has 2 nitrogen and oxygen atoms in total. The fourth-order valence-corrected chi connectivity index (χ4v) is 5.37. The van der Waals surface area contributed by atoms with Crippen molar-refractivity contribution in [2.75, 3.05) is 0 Å². The third-order valence-electron chi connectivity index (χ3n) is 5.60. The SMILES string of the molecule is NCc1ccc(-n2c3ccccc3c3cc4sc5ccccc5c4cc32)cc1. The Morgan fingerprint density at radius 1 is 0.643 bits per heavy atom. The third-order valence-corrected chi connectivity index (χ3v) is 6.73. The van der Waals surface area contributed by atoms with Gasteiger partial charge in [0.25, 0.3) is 0 Å². The van der Waals surface area contributed by atoms with Gasteiger partial charge in [-0.25, -0.2) is 0 Å². The van der Waals surface area contributed by atoms with E-state index in [4.69, 9.17) is 5.73 Å². The third kappa shape index (κ3) is 2.18. The topological polar surface area (TPSA) is 30.9 Å². The van der Waals surface area contributed by atoms with Gasteiger partial charge in [-0.1, -0.05) is 48.5 Å². The predicted octanol–water partition coefficient (Wildman–Crippen LogP) is 6.61. The molecule has 0 saturated carbocycles. The molecule has 134 valence electrons. The molecule has 4 aromatic carbocycles.